The molecule has 18 heavy (non-hydrogen) atoms. The molecule has 4 heteroatoms. The van der Waals surface area contributed by atoms with Gasteiger partial charge in [-0.2, -0.15) is 0 Å². The van der Waals surface area contributed by atoms with E-state index in [-0.39, 0.29) is 11.9 Å². The Balaban J connectivity index is 2.00. The molecule has 0 bridgehead atoms. The molecule has 2 rings (SSSR count). The number of carbonyl (C=O) groups excluding carboxylic acids is 1. The Morgan fingerprint density at radius 3 is 2.83 bits per heavy atom. The summed E-state index contributed by atoms with van der Waals surface area (Å²) in [5.74, 6) is 0.672. The van der Waals surface area contributed by atoms with Gasteiger partial charge in [0.05, 0.1) is 12.5 Å². The van der Waals surface area contributed by atoms with Crippen LogP contribution in [-0.4, -0.2) is 37.7 Å². The normalized spacial score (nSPS) is 37.2. The molecule has 0 saturated carbocycles. The standard InChI is InChI=1S/C14H26N2O2/c1-3-18-14(17)12-5-4-7-16-13(12)11-6-8-15-10(2)9-11/h10-13,15-16H,3-9H2,1-2H3. The highest BCUT2D eigenvalue weighted by molar-refractivity contribution is 5.73. The van der Waals surface area contributed by atoms with Gasteiger partial charge in [-0.3, -0.25) is 4.79 Å². The lowest BCUT2D eigenvalue weighted by Gasteiger charge is -2.40. The van der Waals surface area contributed by atoms with Crippen LogP contribution in [0.4, 0.5) is 0 Å². The Labute approximate surface area is 110 Å². The summed E-state index contributed by atoms with van der Waals surface area (Å²) in [6.07, 6.45) is 4.39. The molecule has 2 aliphatic rings. The van der Waals surface area contributed by atoms with Gasteiger partial charge in [0.2, 0.25) is 0 Å². The zero-order valence-corrected chi connectivity index (χ0v) is 11.6. The highest BCUT2D eigenvalue weighted by atomic mass is 16.5. The first-order valence-electron chi connectivity index (χ1n) is 7.35. The molecule has 4 atom stereocenters. The van der Waals surface area contributed by atoms with E-state index < -0.39 is 0 Å². The van der Waals surface area contributed by atoms with Crippen LogP contribution in [-0.2, 0) is 9.53 Å². The largest absolute Gasteiger partial charge is 0.466 e. The van der Waals surface area contributed by atoms with Crippen LogP contribution in [0.2, 0.25) is 0 Å². The Hall–Kier alpha value is -0.610. The minimum absolute atomic E-state index is 0.000820. The third kappa shape index (κ3) is 3.23. The topological polar surface area (TPSA) is 50.4 Å². The van der Waals surface area contributed by atoms with Crippen LogP contribution in [0.5, 0.6) is 0 Å². The van der Waals surface area contributed by atoms with Crippen molar-refractivity contribution in [1.82, 2.24) is 10.6 Å². The maximum absolute atomic E-state index is 12.1. The average Bonchev–Trinajstić information content (AvgIpc) is 2.39. The van der Waals surface area contributed by atoms with Crippen LogP contribution in [0, 0.1) is 11.8 Å². The van der Waals surface area contributed by atoms with Crippen molar-refractivity contribution in [2.75, 3.05) is 19.7 Å². The first-order valence-corrected chi connectivity index (χ1v) is 7.35. The van der Waals surface area contributed by atoms with Crippen LogP contribution in [0.15, 0.2) is 0 Å². The van der Waals surface area contributed by atoms with Crippen LogP contribution in [0.3, 0.4) is 0 Å². The number of ether oxygens (including phenoxy) is 1. The molecule has 2 aliphatic heterocycles. The van der Waals surface area contributed by atoms with E-state index in [1.807, 2.05) is 6.92 Å². The minimum atomic E-state index is 0.000820. The molecule has 0 spiro atoms. The molecule has 0 aliphatic carbocycles. The molecule has 2 N–H and O–H groups in total. The molecule has 0 aromatic heterocycles. The number of carbonyl (C=O) groups is 1. The second-order valence-corrected chi connectivity index (χ2v) is 5.62. The number of piperidine rings is 2. The number of esters is 1. The first kappa shape index (κ1) is 13.8. The third-order valence-electron chi connectivity index (χ3n) is 4.27. The van der Waals surface area contributed by atoms with Crippen molar-refractivity contribution in [3.05, 3.63) is 0 Å². The highest BCUT2D eigenvalue weighted by Gasteiger charge is 2.38. The second-order valence-electron chi connectivity index (χ2n) is 5.62. The average molecular weight is 254 g/mol. The predicted molar refractivity (Wildman–Crippen MR) is 71.3 cm³/mol. The summed E-state index contributed by atoms with van der Waals surface area (Å²) in [4.78, 5) is 12.1. The van der Waals surface area contributed by atoms with Gasteiger partial charge >= 0.3 is 5.97 Å². The summed E-state index contributed by atoms with van der Waals surface area (Å²) >= 11 is 0. The van der Waals surface area contributed by atoms with Gasteiger partial charge in [-0.15, -0.1) is 0 Å². The maximum Gasteiger partial charge on any atom is 0.310 e. The van der Waals surface area contributed by atoms with E-state index in [1.54, 1.807) is 0 Å². The fourth-order valence-corrected chi connectivity index (χ4v) is 3.42. The van der Waals surface area contributed by atoms with Crippen molar-refractivity contribution >= 4 is 5.97 Å². The van der Waals surface area contributed by atoms with Crippen molar-refractivity contribution in [3.63, 3.8) is 0 Å². The highest BCUT2D eigenvalue weighted by Crippen LogP contribution is 2.30. The molecule has 0 radical (unpaired) electrons. The second kappa shape index (κ2) is 6.53. The zero-order chi connectivity index (χ0) is 13.0. The fourth-order valence-electron chi connectivity index (χ4n) is 3.42. The summed E-state index contributed by atoms with van der Waals surface area (Å²) < 4.78 is 5.23. The van der Waals surface area contributed by atoms with E-state index in [0.29, 0.717) is 24.6 Å². The third-order valence-corrected chi connectivity index (χ3v) is 4.27. The maximum atomic E-state index is 12.1. The van der Waals surface area contributed by atoms with Crippen molar-refractivity contribution in [2.45, 2.75) is 51.6 Å². The van der Waals surface area contributed by atoms with Gasteiger partial charge in [0.15, 0.2) is 0 Å². The quantitative estimate of drug-likeness (QED) is 0.746. The molecule has 2 fully saturated rings. The molecule has 2 heterocycles. The SMILES string of the molecule is CCOC(=O)C1CCCNC1C1CCNC(C)C1. The van der Waals surface area contributed by atoms with Crippen molar-refractivity contribution < 1.29 is 9.53 Å². The van der Waals surface area contributed by atoms with Gasteiger partial charge in [-0.1, -0.05) is 0 Å². The number of hydrogen-bond donors (Lipinski definition) is 2. The van der Waals surface area contributed by atoms with Gasteiger partial charge < -0.3 is 15.4 Å². The summed E-state index contributed by atoms with van der Waals surface area (Å²) in [7, 11) is 0. The predicted octanol–water partition coefficient (Wildman–Crippen LogP) is 1.31. The molecule has 0 amide bonds. The van der Waals surface area contributed by atoms with E-state index in [2.05, 4.69) is 17.6 Å². The Bertz CT molecular complexity index is 283. The van der Waals surface area contributed by atoms with E-state index in [1.165, 1.54) is 0 Å². The van der Waals surface area contributed by atoms with Crippen LogP contribution in [0.1, 0.15) is 39.5 Å². The Kier molecular flexibility index (Phi) is 5.01. The number of hydrogen-bond acceptors (Lipinski definition) is 4. The Morgan fingerprint density at radius 2 is 2.11 bits per heavy atom. The summed E-state index contributed by atoms with van der Waals surface area (Å²) in [6.45, 7) is 6.72. The lowest BCUT2D eigenvalue weighted by Crippen LogP contribution is -2.53. The molecular weight excluding hydrogens is 228 g/mol. The van der Waals surface area contributed by atoms with Crippen molar-refractivity contribution in [1.29, 1.82) is 0 Å². The molecule has 2 saturated heterocycles. The smallest absolute Gasteiger partial charge is 0.310 e. The van der Waals surface area contributed by atoms with E-state index in [0.717, 1.165) is 38.8 Å². The monoisotopic (exact) mass is 254 g/mol. The lowest BCUT2D eigenvalue weighted by molar-refractivity contribution is -0.151. The number of rotatable bonds is 3. The van der Waals surface area contributed by atoms with E-state index in [4.69, 9.17) is 4.74 Å². The van der Waals surface area contributed by atoms with Gasteiger partial charge in [0.25, 0.3) is 0 Å². The lowest BCUT2D eigenvalue weighted by atomic mass is 9.77. The Morgan fingerprint density at radius 1 is 1.28 bits per heavy atom. The van der Waals surface area contributed by atoms with E-state index in [9.17, 15) is 4.79 Å². The fraction of sp³-hybridized carbons (Fsp3) is 0.929. The number of nitrogens with one attached hydrogen (secondary N) is 2. The molecule has 0 aromatic carbocycles. The molecule has 104 valence electrons. The van der Waals surface area contributed by atoms with E-state index >= 15 is 0 Å². The van der Waals surface area contributed by atoms with Crippen LogP contribution in [0.25, 0.3) is 0 Å². The molecule has 4 nitrogen and oxygen atoms in total. The van der Waals surface area contributed by atoms with Gasteiger partial charge in [0.1, 0.15) is 0 Å². The molecular formula is C14H26N2O2. The molecule has 0 aromatic rings. The summed E-state index contributed by atoms with van der Waals surface area (Å²) in [6, 6.07) is 0.887. The van der Waals surface area contributed by atoms with Gasteiger partial charge in [0, 0.05) is 12.1 Å². The zero-order valence-electron chi connectivity index (χ0n) is 11.6. The van der Waals surface area contributed by atoms with Gasteiger partial charge in [-0.25, -0.2) is 0 Å². The minimum Gasteiger partial charge on any atom is -0.466 e. The summed E-state index contributed by atoms with van der Waals surface area (Å²) in [5, 5.41) is 7.05. The summed E-state index contributed by atoms with van der Waals surface area (Å²) in [5.41, 5.74) is 0. The van der Waals surface area contributed by atoms with Crippen molar-refractivity contribution in [3.8, 4) is 0 Å². The first-order chi connectivity index (χ1) is 8.72. The van der Waals surface area contributed by atoms with Crippen LogP contribution < -0.4 is 10.6 Å². The molecule has 4 unspecified atom stereocenters. The van der Waals surface area contributed by atoms with Crippen LogP contribution >= 0.6 is 0 Å². The van der Waals surface area contributed by atoms with Gasteiger partial charge in [-0.05, 0) is 58.5 Å². The van der Waals surface area contributed by atoms with Crippen molar-refractivity contribution in [2.24, 2.45) is 11.8 Å².